The molecule has 0 saturated carbocycles. The van der Waals surface area contributed by atoms with Gasteiger partial charge in [-0.25, -0.2) is 4.79 Å². The van der Waals surface area contributed by atoms with E-state index in [1.807, 2.05) is 34.6 Å². The van der Waals surface area contributed by atoms with Gasteiger partial charge in [-0.15, -0.1) is 0 Å². The van der Waals surface area contributed by atoms with Gasteiger partial charge in [-0.2, -0.15) is 0 Å². The second-order valence-corrected chi connectivity index (χ2v) is 8.67. The van der Waals surface area contributed by atoms with Crippen molar-refractivity contribution < 1.29 is 24.2 Å². The van der Waals surface area contributed by atoms with Crippen molar-refractivity contribution in [3.05, 3.63) is 22.9 Å². The van der Waals surface area contributed by atoms with Crippen LogP contribution in [-0.4, -0.2) is 65.0 Å². The number of carboxylic acid groups (broad SMARTS) is 1. The third-order valence-corrected chi connectivity index (χ3v) is 4.36. The standard InChI is InChI=1S/C21H28N2O5/c1-20(2,3)7-6-15-10-16(19(26)27)17(11-15)23(14-24)12-18(25)22-8-9-28-21(4,5)13-22/h11,14H,8-10,12-13H2,1-5H3,(H,26,27). The second-order valence-electron chi connectivity index (χ2n) is 8.67. The third kappa shape index (κ3) is 5.70. The van der Waals surface area contributed by atoms with Crippen LogP contribution >= 0.6 is 0 Å². The van der Waals surface area contributed by atoms with Crippen molar-refractivity contribution in [2.75, 3.05) is 26.2 Å². The Morgan fingerprint density at radius 1 is 1.39 bits per heavy atom. The summed E-state index contributed by atoms with van der Waals surface area (Å²) in [4.78, 5) is 38.8. The van der Waals surface area contributed by atoms with Crippen LogP contribution in [0.4, 0.5) is 0 Å². The number of carbonyl (C=O) groups excluding carboxylic acids is 2. The molecule has 1 fully saturated rings. The number of hydrogen-bond acceptors (Lipinski definition) is 4. The summed E-state index contributed by atoms with van der Waals surface area (Å²) in [5, 5.41) is 9.53. The molecule has 0 unspecified atom stereocenters. The Morgan fingerprint density at radius 3 is 2.61 bits per heavy atom. The second kappa shape index (κ2) is 8.19. The fourth-order valence-electron chi connectivity index (χ4n) is 3.03. The highest BCUT2D eigenvalue weighted by atomic mass is 16.5. The minimum atomic E-state index is -1.12. The zero-order valence-electron chi connectivity index (χ0n) is 17.2. The molecular formula is C21H28N2O5. The van der Waals surface area contributed by atoms with E-state index in [-0.39, 0.29) is 35.6 Å². The molecule has 1 heterocycles. The predicted molar refractivity (Wildman–Crippen MR) is 104 cm³/mol. The fourth-order valence-corrected chi connectivity index (χ4v) is 3.03. The molecule has 0 spiro atoms. The molecule has 7 heteroatoms. The molecule has 2 aliphatic rings. The van der Waals surface area contributed by atoms with Gasteiger partial charge < -0.3 is 19.6 Å². The summed E-state index contributed by atoms with van der Waals surface area (Å²) >= 11 is 0. The number of rotatable bonds is 5. The molecule has 0 aromatic rings. The molecule has 0 aromatic carbocycles. The van der Waals surface area contributed by atoms with Crippen LogP contribution < -0.4 is 0 Å². The summed E-state index contributed by atoms with van der Waals surface area (Å²) in [6, 6.07) is 0. The number of hydrogen-bond donors (Lipinski definition) is 1. The van der Waals surface area contributed by atoms with Crippen LogP contribution in [0, 0.1) is 17.3 Å². The van der Waals surface area contributed by atoms with Crippen molar-refractivity contribution in [3.8, 4) is 11.8 Å². The van der Waals surface area contributed by atoms with Gasteiger partial charge in [-0.1, -0.05) is 11.8 Å². The fraction of sp³-hybridized carbons (Fsp3) is 0.571. The van der Waals surface area contributed by atoms with E-state index < -0.39 is 11.6 Å². The first-order valence-corrected chi connectivity index (χ1v) is 9.26. The first-order valence-electron chi connectivity index (χ1n) is 9.26. The highest BCUT2D eigenvalue weighted by Gasteiger charge is 2.32. The normalized spacial score (nSPS) is 18.9. The van der Waals surface area contributed by atoms with Gasteiger partial charge in [0.05, 0.1) is 23.5 Å². The van der Waals surface area contributed by atoms with Crippen LogP contribution in [0.3, 0.4) is 0 Å². The Labute approximate surface area is 166 Å². The SMILES string of the molecule is CC(C)(C)C#CC1=CC(N(C=O)CC(=O)N2CCOC(C)(C)C2)=C(C(=O)O)C1. The lowest BCUT2D eigenvalue weighted by atomic mass is 9.97. The Hall–Kier alpha value is -2.59. The van der Waals surface area contributed by atoms with Crippen molar-refractivity contribution in [1.82, 2.24) is 9.80 Å². The van der Waals surface area contributed by atoms with Crippen LogP contribution in [-0.2, 0) is 19.1 Å². The molecule has 1 saturated heterocycles. The number of carbonyl (C=O) groups is 3. The maximum atomic E-state index is 12.7. The topological polar surface area (TPSA) is 87.2 Å². The lowest BCUT2D eigenvalue weighted by Gasteiger charge is -2.38. The Bertz CT molecular complexity index is 790. The first kappa shape index (κ1) is 21.7. The van der Waals surface area contributed by atoms with Crippen molar-refractivity contribution in [1.29, 1.82) is 0 Å². The number of allylic oxidation sites excluding steroid dienone is 2. The highest BCUT2D eigenvalue weighted by Crippen LogP contribution is 2.28. The average molecular weight is 388 g/mol. The van der Waals surface area contributed by atoms with Gasteiger partial charge in [-0.05, 0) is 40.7 Å². The number of aliphatic carboxylic acids is 1. The van der Waals surface area contributed by atoms with Gasteiger partial charge in [0, 0.05) is 30.5 Å². The van der Waals surface area contributed by atoms with Crippen LogP contribution in [0.2, 0.25) is 0 Å². The summed E-state index contributed by atoms with van der Waals surface area (Å²) in [6.07, 6.45) is 2.22. The first-order chi connectivity index (χ1) is 12.9. The number of nitrogens with zero attached hydrogens (tertiary/aromatic N) is 2. The zero-order valence-corrected chi connectivity index (χ0v) is 17.2. The van der Waals surface area contributed by atoms with E-state index in [1.54, 1.807) is 11.0 Å². The van der Waals surface area contributed by atoms with Gasteiger partial charge in [-0.3, -0.25) is 9.59 Å². The van der Waals surface area contributed by atoms with Crippen LogP contribution in [0.15, 0.2) is 22.9 Å². The molecule has 2 amide bonds. The molecule has 0 atom stereocenters. The van der Waals surface area contributed by atoms with E-state index in [9.17, 15) is 19.5 Å². The lowest BCUT2D eigenvalue weighted by Crippen LogP contribution is -2.52. The van der Waals surface area contributed by atoms with Crippen molar-refractivity contribution >= 4 is 18.3 Å². The summed E-state index contributed by atoms with van der Waals surface area (Å²) < 4.78 is 5.60. The van der Waals surface area contributed by atoms with E-state index >= 15 is 0 Å². The number of amides is 2. The minimum absolute atomic E-state index is 0.0698. The number of carboxylic acids is 1. The molecule has 7 nitrogen and oxygen atoms in total. The quantitative estimate of drug-likeness (QED) is 0.573. The summed E-state index contributed by atoms with van der Waals surface area (Å²) in [5.41, 5.74) is 0.237. The van der Waals surface area contributed by atoms with Gasteiger partial charge >= 0.3 is 5.97 Å². The number of morpholine rings is 1. The molecule has 1 aliphatic carbocycles. The average Bonchev–Trinajstić information content (AvgIpc) is 3.00. The monoisotopic (exact) mass is 388 g/mol. The Balaban J connectivity index is 2.21. The summed E-state index contributed by atoms with van der Waals surface area (Å²) in [7, 11) is 0. The Kier molecular flexibility index (Phi) is 6.35. The smallest absolute Gasteiger partial charge is 0.334 e. The van der Waals surface area contributed by atoms with E-state index in [4.69, 9.17) is 4.74 Å². The van der Waals surface area contributed by atoms with Crippen LogP contribution in [0.5, 0.6) is 0 Å². The van der Waals surface area contributed by atoms with E-state index in [0.29, 0.717) is 31.7 Å². The maximum Gasteiger partial charge on any atom is 0.334 e. The van der Waals surface area contributed by atoms with Gasteiger partial charge in [0.1, 0.15) is 6.54 Å². The third-order valence-electron chi connectivity index (χ3n) is 4.36. The van der Waals surface area contributed by atoms with Gasteiger partial charge in [0.25, 0.3) is 0 Å². The zero-order chi connectivity index (χ0) is 21.1. The minimum Gasteiger partial charge on any atom is -0.478 e. The predicted octanol–water partition coefficient (Wildman–Crippen LogP) is 1.80. The van der Waals surface area contributed by atoms with Crippen molar-refractivity contribution in [2.24, 2.45) is 5.41 Å². The maximum absolute atomic E-state index is 12.7. The number of ether oxygens (including phenoxy) is 1. The van der Waals surface area contributed by atoms with E-state index in [1.165, 1.54) is 0 Å². The van der Waals surface area contributed by atoms with E-state index in [0.717, 1.165) is 4.90 Å². The van der Waals surface area contributed by atoms with Crippen LogP contribution in [0.25, 0.3) is 0 Å². The summed E-state index contributed by atoms with van der Waals surface area (Å²) in [5.74, 6) is 4.70. The van der Waals surface area contributed by atoms with Crippen molar-refractivity contribution in [2.45, 2.75) is 46.6 Å². The summed E-state index contributed by atoms with van der Waals surface area (Å²) in [6.45, 7) is 10.7. The van der Waals surface area contributed by atoms with Gasteiger partial charge in [0.2, 0.25) is 12.3 Å². The molecule has 2 rings (SSSR count). The molecule has 152 valence electrons. The van der Waals surface area contributed by atoms with Crippen molar-refractivity contribution in [3.63, 3.8) is 0 Å². The van der Waals surface area contributed by atoms with E-state index in [2.05, 4.69) is 11.8 Å². The molecule has 1 aliphatic heterocycles. The molecule has 28 heavy (non-hydrogen) atoms. The molecule has 0 bridgehead atoms. The van der Waals surface area contributed by atoms with Crippen LogP contribution in [0.1, 0.15) is 41.0 Å². The molecule has 0 aromatic heterocycles. The van der Waals surface area contributed by atoms with Gasteiger partial charge in [0.15, 0.2) is 0 Å². The lowest BCUT2D eigenvalue weighted by molar-refractivity contribution is -0.147. The molecule has 0 radical (unpaired) electrons. The molecule has 1 N–H and O–H groups in total. The highest BCUT2D eigenvalue weighted by molar-refractivity contribution is 5.91. The Morgan fingerprint density at radius 2 is 2.07 bits per heavy atom. The largest absolute Gasteiger partial charge is 0.478 e. The molecular weight excluding hydrogens is 360 g/mol.